The van der Waals surface area contributed by atoms with Crippen LogP contribution in [-0.4, -0.2) is 41.0 Å². The summed E-state index contributed by atoms with van der Waals surface area (Å²) in [4.78, 5) is 32.9. The Balaban J connectivity index is 1.54. The molecule has 9 heteroatoms. The van der Waals surface area contributed by atoms with E-state index >= 15 is 0 Å². The third-order valence-corrected chi connectivity index (χ3v) is 4.71. The number of anilines is 1. The van der Waals surface area contributed by atoms with Gasteiger partial charge in [0.25, 0.3) is 0 Å². The van der Waals surface area contributed by atoms with Crippen molar-refractivity contribution in [2.75, 3.05) is 5.32 Å². The largest absolute Gasteiger partial charge is 0.335 e. The SMILES string of the molecule is CCCC(=O)Nc1cncc(-c2ccc3[nH]nc(-c4nc5ccncc5[nH]4)c3n2)c1. The lowest BCUT2D eigenvalue weighted by Crippen LogP contribution is -2.10. The second-order valence-corrected chi connectivity index (χ2v) is 6.90. The van der Waals surface area contributed by atoms with Crippen molar-refractivity contribution in [1.29, 1.82) is 0 Å². The number of nitrogens with zero attached hydrogens (tertiary/aromatic N) is 5. The number of imidazole rings is 1. The maximum absolute atomic E-state index is 11.9. The highest BCUT2D eigenvalue weighted by atomic mass is 16.1. The Bertz CT molecular complexity index is 1340. The van der Waals surface area contributed by atoms with Gasteiger partial charge in [0, 0.05) is 24.4 Å². The summed E-state index contributed by atoms with van der Waals surface area (Å²) < 4.78 is 0. The Hall–Kier alpha value is -4.14. The van der Waals surface area contributed by atoms with Crippen molar-refractivity contribution in [1.82, 2.24) is 35.1 Å². The van der Waals surface area contributed by atoms with Gasteiger partial charge < -0.3 is 10.3 Å². The van der Waals surface area contributed by atoms with E-state index in [9.17, 15) is 4.79 Å². The van der Waals surface area contributed by atoms with Crippen molar-refractivity contribution in [3.63, 3.8) is 0 Å². The lowest BCUT2D eigenvalue weighted by Gasteiger charge is -2.06. The number of carbonyl (C=O) groups is 1. The zero-order valence-corrected chi connectivity index (χ0v) is 16.2. The number of pyridine rings is 3. The van der Waals surface area contributed by atoms with E-state index in [0.717, 1.165) is 34.2 Å². The standard InChI is InChI=1S/C21H18N8O/c1-2-3-18(30)24-13-8-12(9-23-10-13)14-4-5-16-19(25-14)20(29-28-16)21-26-15-6-7-22-11-17(15)27-21/h4-11H,2-3H2,1H3,(H,24,30)(H,26,27)(H,28,29). The van der Waals surface area contributed by atoms with Gasteiger partial charge in [0.05, 0.1) is 40.3 Å². The molecule has 0 aliphatic carbocycles. The molecule has 5 aromatic rings. The van der Waals surface area contributed by atoms with E-state index in [4.69, 9.17) is 4.98 Å². The third-order valence-electron chi connectivity index (χ3n) is 4.71. The van der Waals surface area contributed by atoms with Crippen LogP contribution in [-0.2, 0) is 4.79 Å². The molecule has 0 aliphatic rings. The van der Waals surface area contributed by atoms with Gasteiger partial charge in [0.1, 0.15) is 5.52 Å². The van der Waals surface area contributed by atoms with Crippen LogP contribution in [0, 0.1) is 0 Å². The summed E-state index contributed by atoms with van der Waals surface area (Å²) >= 11 is 0. The molecule has 9 nitrogen and oxygen atoms in total. The third kappa shape index (κ3) is 3.26. The van der Waals surface area contributed by atoms with Crippen LogP contribution in [0.1, 0.15) is 19.8 Å². The average Bonchev–Trinajstić information content (AvgIpc) is 3.37. The minimum atomic E-state index is -0.0312. The number of aromatic nitrogens is 7. The van der Waals surface area contributed by atoms with Gasteiger partial charge >= 0.3 is 0 Å². The molecule has 0 saturated carbocycles. The number of hydrogen-bond acceptors (Lipinski definition) is 6. The molecule has 3 N–H and O–H groups in total. The summed E-state index contributed by atoms with van der Waals surface area (Å²) in [7, 11) is 0. The van der Waals surface area contributed by atoms with Gasteiger partial charge in [0.15, 0.2) is 11.5 Å². The lowest BCUT2D eigenvalue weighted by molar-refractivity contribution is -0.116. The van der Waals surface area contributed by atoms with Crippen molar-refractivity contribution in [2.45, 2.75) is 19.8 Å². The zero-order chi connectivity index (χ0) is 20.5. The summed E-state index contributed by atoms with van der Waals surface area (Å²) in [6.45, 7) is 1.97. The molecule has 5 aromatic heterocycles. The smallest absolute Gasteiger partial charge is 0.224 e. The van der Waals surface area contributed by atoms with E-state index in [1.165, 1.54) is 0 Å². The number of aromatic amines is 2. The van der Waals surface area contributed by atoms with Crippen molar-refractivity contribution >= 4 is 33.7 Å². The van der Waals surface area contributed by atoms with Crippen LogP contribution in [0.4, 0.5) is 5.69 Å². The number of amides is 1. The first-order valence-corrected chi connectivity index (χ1v) is 9.62. The fourth-order valence-corrected chi connectivity index (χ4v) is 3.29. The van der Waals surface area contributed by atoms with E-state index in [-0.39, 0.29) is 5.91 Å². The molecule has 0 aliphatic heterocycles. The van der Waals surface area contributed by atoms with Gasteiger partial charge in [-0.2, -0.15) is 5.10 Å². The van der Waals surface area contributed by atoms with Gasteiger partial charge in [-0.1, -0.05) is 6.92 Å². The van der Waals surface area contributed by atoms with Crippen LogP contribution in [0.25, 0.3) is 44.8 Å². The first kappa shape index (κ1) is 17.9. The van der Waals surface area contributed by atoms with E-state index < -0.39 is 0 Å². The molecule has 0 bridgehead atoms. The van der Waals surface area contributed by atoms with Crippen molar-refractivity contribution in [3.8, 4) is 22.8 Å². The predicted octanol–water partition coefficient (Wildman–Crippen LogP) is 3.70. The molecule has 0 saturated heterocycles. The highest BCUT2D eigenvalue weighted by molar-refractivity contribution is 5.92. The maximum Gasteiger partial charge on any atom is 0.224 e. The first-order chi connectivity index (χ1) is 14.7. The van der Waals surface area contributed by atoms with Crippen molar-refractivity contribution in [2.24, 2.45) is 0 Å². The van der Waals surface area contributed by atoms with E-state index in [1.54, 1.807) is 24.8 Å². The van der Waals surface area contributed by atoms with E-state index in [0.29, 0.717) is 29.1 Å². The maximum atomic E-state index is 11.9. The number of carbonyl (C=O) groups excluding carboxylic acids is 1. The number of nitrogens with one attached hydrogen (secondary N) is 3. The molecule has 30 heavy (non-hydrogen) atoms. The summed E-state index contributed by atoms with van der Waals surface area (Å²) in [6.07, 6.45) is 8.03. The van der Waals surface area contributed by atoms with Gasteiger partial charge in [-0.15, -0.1) is 0 Å². The van der Waals surface area contributed by atoms with Gasteiger partial charge in [0.2, 0.25) is 5.91 Å². The molecule has 0 radical (unpaired) electrons. The highest BCUT2D eigenvalue weighted by Gasteiger charge is 2.15. The van der Waals surface area contributed by atoms with Gasteiger partial charge in [-0.05, 0) is 30.7 Å². The average molecular weight is 398 g/mol. The predicted molar refractivity (Wildman–Crippen MR) is 114 cm³/mol. The summed E-state index contributed by atoms with van der Waals surface area (Å²) in [5, 5.41) is 10.3. The number of rotatable bonds is 5. The van der Waals surface area contributed by atoms with Crippen LogP contribution >= 0.6 is 0 Å². The Labute approximate surface area is 171 Å². The zero-order valence-electron chi connectivity index (χ0n) is 16.2. The molecular weight excluding hydrogens is 380 g/mol. The van der Waals surface area contributed by atoms with Crippen LogP contribution in [0.3, 0.4) is 0 Å². The summed E-state index contributed by atoms with van der Waals surface area (Å²) in [5.74, 6) is 0.587. The Morgan fingerprint density at radius 3 is 2.87 bits per heavy atom. The molecule has 0 fully saturated rings. The topological polar surface area (TPSA) is 125 Å². The second kappa shape index (κ2) is 7.36. The molecule has 0 spiro atoms. The monoisotopic (exact) mass is 398 g/mol. The molecule has 148 valence electrons. The fraction of sp³-hybridized carbons (Fsp3) is 0.143. The normalized spacial score (nSPS) is 11.2. The molecule has 1 amide bonds. The number of fused-ring (bicyclic) bond motifs is 2. The van der Waals surface area contributed by atoms with Crippen molar-refractivity contribution < 1.29 is 4.79 Å². The molecule has 5 rings (SSSR count). The minimum Gasteiger partial charge on any atom is -0.335 e. The Kier molecular flexibility index (Phi) is 4.40. The Morgan fingerprint density at radius 1 is 1.07 bits per heavy atom. The first-order valence-electron chi connectivity index (χ1n) is 9.62. The quantitative estimate of drug-likeness (QED) is 0.414. The summed E-state index contributed by atoms with van der Waals surface area (Å²) in [6, 6.07) is 7.51. The molecular formula is C21H18N8O. The Morgan fingerprint density at radius 2 is 2.00 bits per heavy atom. The van der Waals surface area contributed by atoms with Crippen molar-refractivity contribution in [3.05, 3.63) is 49.1 Å². The van der Waals surface area contributed by atoms with Gasteiger partial charge in [-0.3, -0.25) is 19.9 Å². The van der Waals surface area contributed by atoms with Crippen LogP contribution in [0.5, 0.6) is 0 Å². The highest BCUT2D eigenvalue weighted by Crippen LogP contribution is 2.28. The number of H-pyrrole nitrogens is 2. The lowest BCUT2D eigenvalue weighted by atomic mass is 10.1. The van der Waals surface area contributed by atoms with Crippen LogP contribution in [0.2, 0.25) is 0 Å². The minimum absolute atomic E-state index is 0.0312. The molecule has 0 atom stereocenters. The van der Waals surface area contributed by atoms with Crippen LogP contribution in [0.15, 0.2) is 49.1 Å². The molecule has 5 heterocycles. The van der Waals surface area contributed by atoms with E-state index in [2.05, 4.69) is 35.5 Å². The number of hydrogen-bond donors (Lipinski definition) is 3. The summed E-state index contributed by atoms with van der Waals surface area (Å²) in [5.41, 5.74) is 5.93. The fourth-order valence-electron chi connectivity index (χ4n) is 3.29. The van der Waals surface area contributed by atoms with Gasteiger partial charge in [-0.25, -0.2) is 9.97 Å². The van der Waals surface area contributed by atoms with Crippen LogP contribution < -0.4 is 5.32 Å². The second-order valence-electron chi connectivity index (χ2n) is 6.90. The van der Waals surface area contributed by atoms with E-state index in [1.807, 2.05) is 31.2 Å². The molecule has 0 unspecified atom stereocenters. The molecule has 0 aromatic carbocycles.